The molecule has 2 N–H and O–H groups in total. The van der Waals surface area contributed by atoms with Crippen molar-refractivity contribution in [2.24, 2.45) is 0 Å². The number of anilines is 1. The van der Waals surface area contributed by atoms with Crippen LogP contribution in [-0.2, 0) is 11.2 Å². The molecule has 2 aromatic rings. The number of rotatable bonds is 4. The van der Waals surface area contributed by atoms with Gasteiger partial charge in [0.1, 0.15) is 11.8 Å². The molecule has 0 spiro atoms. The van der Waals surface area contributed by atoms with E-state index in [2.05, 4.69) is 31.0 Å². The Bertz CT molecular complexity index is 1040. The molecule has 1 unspecified atom stereocenters. The molecule has 2 aromatic carbocycles. The van der Waals surface area contributed by atoms with Gasteiger partial charge in [0.2, 0.25) is 0 Å². The number of carboxylic acid groups (broad SMARTS) is 1. The quantitative estimate of drug-likeness (QED) is 0.735. The van der Waals surface area contributed by atoms with Gasteiger partial charge < -0.3 is 15.2 Å². The highest BCUT2D eigenvalue weighted by Gasteiger charge is 2.36. The highest BCUT2D eigenvalue weighted by atomic mass is 28.3. The fourth-order valence-corrected chi connectivity index (χ4v) is 5.32. The molecule has 2 amide bonds. The zero-order valence-electron chi connectivity index (χ0n) is 17.5. The number of amides is 2. The summed E-state index contributed by atoms with van der Waals surface area (Å²) in [7, 11) is -0.145. The van der Waals surface area contributed by atoms with Crippen molar-refractivity contribution in [3.05, 3.63) is 53.1 Å². The topological polar surface area (TPSA) is 103 Å². The fraction of sp³-hybridized carbons (Fsp3) is 0.318. The molecule has 30 heavy (non-hydrogen) atoms. The summed E-state index contributed by atoms with van der Waals surface area (Å²) in [4.78, 5) is 26.1. The highest BCUT2D eigenvalue weighted by molar-refractivity contribution is 6.89. The number of ether oxygens (including phenoxy) is 1. The Balaban J connectivity index is 1.95. The molecule has 1 aliphatic rings. The van der Waals surface area contributed by atoms with Gasteiger partial charge in [-0.2, -0.15) is 5.26 Å². The maximum Gasteiger partial charge on any atom is 0.408 e. The predicted octanol–water partition coefficient (Wildman–Crippen LogP) is 3.33. The summed E-state index contributed by atoms with van der Waals surface area (Å²) in [6.07, 6.45) is -0.644. The zero-order chi connectivity index (χ0) is 22.1. The number of hydrogen-bond donors (Lipinski definition) is 2. The van der Waals surface area contributed by atoms with Gasteiger partial charge in [-0.15, -0.1) is 0 Å². The van der Waals surface area contributed by atoms with Crippen LogP contribution in [0.15, 0.2) is 36.4 Å². The van der Waals surface area contributed by atoms with Crippen LogP contribution in [0.1, 0.15) is 22.7 Å². The summed E-state index contributed by atoms with van der Waals surface area (Å²) in [6, 6.07) is 11.9. The summed E-state index contributed by atoms with van der Waals surface area (Å²) in [5, 5.41) is 23.0. The van der Waals surface area contributed by atoms with E-state index in [1.165, 1.54) is 0 Å². The molecule has 0 saturated heterocycles. The van der Waals surface area contributed by atoms with Crippen molar-refractivity contribution in [1.29, 1.82) is 5.26 Å². The first-order valence-electron chi connectivity index (χ1n) is 9.67. The first-order chi connectivity index (χ1) is 14.2. The molecule has 3 rings (SSSR count). The Hall–Kier alpha value is -3.31. The SMILES string of the molecule is COc1ccc2c(c1)CCN(C(=O)O)C2C(=O)Nc1ccc([Si](C)(C)C)c(C#N)c1. The van der Waals surface area contributed by atoms with Crippen LogP contribution in [0.5, 0.6) is 5.75 Å². The Kier molecular flexibility index (Phi) is 5.85. The minimum absolute atomic E-state index is 0.214. The molecule has 0 bridgehead atoms. The van der Waals surface area contributed by atoms with Crippen LogP contribution in [-0.4, -0.2) is 43.7 Å². The molecule has 156 valence electrons. The van der Waals surface area contributed by atoms with Gasteiger partial charge in [-0.3, -0.25) is 9.69 Å². The van der Waals surface area contributed by atoms with E-state index in [1.54, 1.807) is 31.4 Å². The maximum atomic E-state index is 13.2. The number of nitrogens with one attached hydrogen (secondary N) is 1. The van der Waals surface area contributed by atoms with Crippen molar-refractivity contribution in [3.8, 4) is 11.8 Å². The Morgan fingerprint density at radius 1 is 1.23 bits per heavy atom. The normalized spacial score (nSPS) is 15.7. The van der Waals surface area contributed by atoms with E-state index in [0.717, 1.165) is 15.7 Å². The van der Waals surface area contributed by atoms with Crippen molar-refractivity contribution in [2.75, 3.05) is 19.0 Å². The molecule has 0 saturated carbocycles. The lowest BCUT2D eigenvalue weighted by atomic mass is 9.92. The second-order valence-electron chi connectivity index (χ2n) is 8.30. The zero-order valence-corrected chi connectivity index (χ0v) is 18.5. The molecular formula is C22H25N3O4Si. The van der Waals surface area contributed by atoms with Gasteiger partial charge in [-0.05, 0) is 47.0 Å². The predicted molar refractivity (Wildman–Crippen MR) is 117 cm³/mol. The Morgan fingerprint density at radius 3 is 2.57 bits per heavy atom. The molecule has 1 aliphatic heterocycles. The average Bonchev–Trinajstić information content (AvgIpc) is 2.71. The van der Waals surface area contributed by atoms with E-state index in [9.17, 15) is 20.0 Å². The van der Waals surface area contributed by atoms with E-state index >= 15 is 0 Å². The number of benzene rings is 2. The van der Waals surface area contributed by atoms with Crippen LogP contribution in [0.3, 0.4) is 0 Å². The molecule has 7 nitrogen and oxygen atoms in total. The van der Waals surface area contributed by atoms with Gasteiger partial charge >= 0.3 is 6.09 Å². The number of carbonyl (C=O) groups excluding carboxylic acids is 1. The average molecular weight is 424 g/mol. The summed E-state index contributed by atoms with van der Waals surface area (Å²) in [5.74, 6) is 0.213. The van der Waals surface area contributed by atoms with Gasteiger partial charge in [0.25, 0.3) is 5.91 Å². The highest BCUT2D eigenvalue weighted by Crippen LogP contribution is 2.33. The van der Waals surface area contributed by atoms with Crippen molar-refractivity contribution in [1.82, 2.24) is 4.90 Å². The first kappa shape index (κ1) is 21.4. The maximum absolute atomic E-state index is 13.2. The van der Waals surface area contributed by atoms with Gasteiger partial charge in [0, 0.05) is 12.2 Å². The van der Waals surface area contributed by atoms with E-state index in [4.69, 9.17) is 4.74 Å². The Labute approximate surface area is 176 Å². The van der Waals surface area contributed by atoms with Crippen molar-refractivity contribution in [2.45, 2.75) is 32.1 Å². The lowest BCUT2D eigenvalue weighted by molar-refractivity contribution is -0.121. The fourth-order valence-electron chi connectivity index (χ4n) is 3.80. The van der Waals surface area contributed by atoms with E-state index in [1.807, 2.05) is 12.1 Å². The summed E-state index contributed by atoms with van der Waals surface area (Å²) in [5.41, 5.74) is 2.54. The minimum atomic E-state index is -1.71. The van der Waals surface area contributed by atoms with Crippen molar-refractivity contribution in [3.63, 3.8) is 0 Å². The monoisotopic (exact) mass is 423 g/mol. The molecule has 0 fully saturated rings. The number of nitrogens with zero attached hydrogens (tertiary/aromatic N) is 2. The van der Waals surface area contributed by atoms with Crippen LogP contribution in [0.25, 0.3) is 0 Å². The van der Waals surface area contributed by atoms with Crippen LogP contribution >= 0.6 is 0 Å². The molecule has 0 radical (unpaired) electrons. The third-order valence-corrected chi connectivity index (χ3v) is 7.34. The molecule has 0 aromatic heterocycles. The van der Waals surface area contributed by atoms with Crippen LogP contribution in [0.2, 0.25) is 19.6 Å². The number of hydrogen-bond acceptors (Lipinski definition) is 4. The second kappa shape index (κ2) is 8.20. The molecule has 1 heterocycles. The summed E-state index contributed by atoms with van der Waals surface area (Å²) < 4.78 is 5.25. The smallest absolute Gasteiger partial charge is 0.408 e. The summed E-state index contributed by atoms with van der Waals surface area (Å²) >= 11 is 0. The second-order valence-corrected chi connectivity index (χ2v) is 13.3. The third-order valence-electron chi connectivity index (χ3n) is 5.29. The standard InChI is InChI=1S/C22H25N3O4Si/c1-29-17-6-7-18-14(12-17)9-10-25(22(27)28)20(18)21(26)24-16-5-8-19(30(2,3)4)15(11-16)13-23/h5-8,11-12,20H,9-10H2,1-4H3,(H,24,26)(H,27,28). The molecule has 1 atom stereocenters. The minimum Gasteiger partial charge on any atom is -0.497 e. The van der Waals surface area contributed by atoms with Gasteiger partial charge in [0.05, 0.1) is 26.8 Å². The van der Waals surface area contributed by atoms with Crippen LogP contribution < -0.4 is 15.2 Å². The number of fused-ring (bicyclic) bond motifs is 1. The van der Waals surface area contributed by atoms with Crippen LogP contribution in [0, 0.1) is 11.3 Å². The number of carbonyl (C=O) groups is 2. The van der Waals surface area contributed by atoms with E-state index < -0.39 is 26.1 Å². The first-order valence-corrected chi connectivity index (χ1v) is 13.2. The van der Waals surface area contributed by atoms with Gasteiger partial charge in [-0.1, -0.05) is 31.8 Å². The van der Waals surface area contributed by atoms with Gasteiger partial charge in [-0.25, -0.2) is 4.79 Å². The van der Waals surface area contributed by atoms with Crippen LogP contribution in [0.4, 0.5) is 10.5 Å². The molecule has 8 heteroatoms. The molecule has 0 aliphatic carbocycles. The lowest BCUT2D eigenvalue weighted by Gasteiger charge is -2.34. The lowest BCUT2D eigenvalue weighted by Crippen LogP contribution is -2.44. The molecular weight excluding hydrogens is 398 g/mol. The van der Waals surface area contributed by atoms with E-state index in [-0.39, 0.29) is 6.54 Å². The third kappa shape index (κ3) is 4.16. The van der Waals surface area contributed by atoms with Crippen molar-refractivity contribution >= 4 is 30.9 Å². The number of nitriles is 1. The summed E-state index contributed by atoms with van der Waals surface area (Å²) in [6.45, 7) is 6.67. The van der Waals surface area contributed by atoms with Crippen molar-refractivity contribution < 1.29 is 19.4 Å². The number of methoxy groups -OCH3 is 1. The van der Waals surface area contributed by atoms with Gasteiger partial charge in [0.15, 0.2) is 0 Å². The largest absolute Gasteiger partial charge is 0.497 e. The Morgan fingerprint density at radius 2 is 1.97 bits per heavy atom. The van der Waals surface area contributed by atoms with E-state index in [0.29, 0.717) is 29.0 Å².